The standard InChI is InChI=1S/C14H6ClF2N5OS/c15-5-1-7(11-9(2-5)20-22-21-11)13(23)19-14-18-12-8(17)3-6(16)4-10(12)24-14/h1-4H,(H,18,19,23)(H,20,21,22). The van der Waals surface area contributed by atoms with Gasteiger partial charge in [0.15, 0.2) is 10.9 Å². The van der Waals surface area contributed by atoms with Crippen LogP contribution in [0, 0.1) is 11.6 Å². The van der Waals surface area contributed by atoms with Gasteiger partial charge in [-0.1, -0.05) is 22.9 Å². The Morgan fingerprint density at radius 3 is 2.83 bits per heavy atom. The molecule has 0 saturated carbocycles. The van der Waals surface area contributed by atoms with Crippen LogP contribution < -0.4 is 5.32 Å². The fourth-order valence-corrected chi connectivity index (χ4v) is 3.38. The first-order chi connectivity index (χ1) is 11.5. The van der Waals surface area contributed by atoms with Crippen molar-refractivity contribution in [3.05, 3.63) is 46.5 Å². The number of benzene rings is 2. The van der Waals surface area contributed by atoms with E-state index in [1.165, 1.54) is 6.07 Å². The highest BCUT2D eigenvalue weighted by Crippen LogP contribution is 2.29. The number of nitrogens with one attached hydrogen (secondary N) is 2. The minimum Gasteiger partial charge on any atom is -0.298 e. The minimum absolute atomic E-state index is 0.00521. The van der Waals surface area contributed by atoms with Gasteiger partial charge in [0.05, 0.1) is 10.3 Å². The maximum atomic E-state index is 13.7. The van der Waals surface area contributed by atoms with Crippen LogP contribution in [0.3, 0.4) is 0 Å². The Kier molecular flexibility index (Phi) is 3.39. The number of halogens is 3. The number of hydrogen-bond donors (Lipinski definition) is 2. The molecule has 0 spiro atoms. The van der Waals surface area contributed by atoms with Crippen LogP contribution in [0.15, 0.2) is 24.3 Å². The van der Waals surface area contributed by atoms with Crippen molar-refractivity contribution in [1.82, 2.24) is 20.4 Å². The van der Waals surface area contributed by atoms with E-state index in [2.05, 4.69) is 25.7 Å². The number of amides is 1. The van der Waals surface area contributed by atoms with Crippen LogP contribution in [0.4, 0.5) is 13.9 Å². The summed E-state index contributed by atoms with van der Waals surface area (Å²) in [6.07, 6.45) is 0. The summed E-state index contributed by atoms with van der Waals surface area (Å²) in [4.78, 5) is 16.4. The molecule has 120 valence electrons. The fourth-order valence-electron chi connectivity index (χ4n) is 2.26. The highest BCUT2D eigenvalue weighted by molar-refractivity contribution is 7.22. The van der Waals surface area contributed by atoms with Crippen LogP contribution >= 0.6 is 22.9 Å². The van der Waals surface area contributed by atoms with Gasteiger partial charge in [-0.3, -0.25) is 10.1 Å². The fraction of sp³-hybridized carbons (Fsp3) is 0. The Hall–Kier alpha value is -2.65. The molecule has 0 atom stereocenters. The van der Waals surface area contributed by atoms with Gasteiger partial charge in [0.25, 0.3) is 5.91 Å². The first-order valence-corrected chi connectivity index (χ1v) is 7.77. The molecule has 0 radical (unpaired) electrons. The molecule has 0 unspecified atom stereocenters. The lowest BCUT2D eigenvalue weighted by Crippen LogP contribution is -2.12. The molecule has 2 aromatic heterocycles. The van der Waals surface area contributed by atoms with Gasteiger partial charge in [-0.05, 0) is 18.2 Å². The van der Waals surface area contributed by atoms with Gasteiger partial charge in [-0.2, -0.15) is 15.4 Å². The second-order valence-electron chi connectivity index (χ2n) is 4.85. The first kappa shape index (κ1) is 14.9. The van der Waals surface area contributed by atoms with Gasteiger partial charge < -0.3 is 0 Å². The zero-order chi connectivity index (χ0) is 16.8. The van der Waals surface area contributed by atoms with Gasteiger partial charge in [-0.25, -0.2) is 13.8 Å². The highest BCUT2D eigenvalue weighted by Gasteiger charge is 2.17. The molecular formula is C14H6ClF2N5OS. The van der Waals surface area contributed by atoms with E-state index in [1.807, 2.05) is 0 Å². The van der Waals surface area contributed by atoms with E-state index >= 15 is 0 Å². The summed E-state index contributed by atoms with van der Waals surface area (Å²) < 4.78 is 27.2. The molecule has 4 rings (SSSR count). The Bertz CT molecular complexity index is 1110. The highest BCUT2D eigenvalue weighted by atomic mass is 35.5. The Labute approximate surface area is 141 Å². The summed E-state index contributed by atoms with van der Waals surface area (Å²) in [5.74, 6) is -2.03. The number of thiazole rings is 1. The van der Waals surface area contributed by atoms with Crippen molar-refractivity contribution in [2.45, 2.75) is 0 Å². The largest absolute Gasteiger partial charge is 0.298 e. The minimum atomic E-state index is -0.789. The van der Waals surface area contributed by atoms with Gasteiger partial charge in [0, 0.05) is 11.1 Å². The number of fused-ring (bicyclic) bond motifs is 2. The summed E-state index contributed by atoms with van der Waals surface area (Å²) in [6.45, 7) is 0. The van der Waals surface area contributed by atoms with Crippen LogP contribution in [0.1, 0.15) is 10.4 Å². The maximum Gasteiger partial charge on any atom is 0.259 e. The molecule has 0 fully saturated rings. The Morgan fingerprint density at radius 2 is 2.00 bits per heavy atom. The normalized spacial score (nSPS) is 11.3. The van der Waals surface area contributed by atoms with E-state index in [9.17, 15) is 13.6 Å². The number of rotatable bonds is 2. The third-order valence-electron chi connectivity index (χ3n) is 3.27. The maximum absolute atomic E-state index is 13.7. The quantitative estimate of drug-likeness (QED) is 0.566. The van der Waals surface area contributed by atoms with E-state index in [4.69, 9.17) is 11.6 Å². The lowest BCUT2D eigenvalue weighted by atomic mass is 10.1. The Balaban J connectivity index is 1.73. The number of nitrogens with zero attached hydrogens (tertiary/aromatic N) is 3. The predicted octanol–water partition coefficient (Wildman–Crippen LogP) is 3.75. The summed E-state index contributed by atoms with van der Waals surface area (Å²) in [5.41, 5.74) is 0.965. The number of aromatic nitrogens is 4. The van der Waals surface area contributed by atoms with Crippen LogP contribution in [-0.4, -0.2) is 26.3 Å². The van der Waals surface area contributed by atoms with Crippen LogP contribution in [0.5, 0.6) is 0 Å². The van der Waals surface area contributed by atoms with Gasteiger partial charge in [0.2, 0.25) is 0 Å². The molecule has 10 heteroatoms. The van der Waals surface area contributed by atoms with E-state index in [1.54, 1.807) is 6.07 Å². The predicted molar refractivity (Wildman–Crippen MR) is 86.4 cm³/mol. The second-order valence-corrected chi connectivity index (χ2v) is 6.32. The van der Waals surface area contributed by atoms with Crippen molar-refractivity contribution in [2.75, 3.05) is 5.32 Å². The average Bonchev–Trinajstić information content (AvgIpc) is 3.12. The molecule has 0 bridgehead atoms. The van der Waals surface area contributed by atoms with E-state index in [-0.39, 0.29) is 16.2 Å². The van der Waals surface area contributed by atoms with Crippen molar-refractivity contribution in [2.24, 2.45) is 0 Å². The summed E-state index contributed by atoms with van der Waals surface area (Å²) in [5, 5.41) is 13.2. The zero-order valence-electron chi connectivity index (χ0n) is 11.6. The van der Waals surface area contributed by atoms with Crippen LogP contribution in [-0.2, 0) is 0 Å². The number of carbonyl (C=O) groups is 1. The summed E-state index contributed by atoms with van der Waals surface area (Å²) >= 11 is 6.92. The van der Waals surface area contributed by atoms with Crippen molar-refractivity contribution in [3.63, 3.8) is 0 Å². The average molecular weight is 366 g/mol. The first-order valence-electron chi connectivity index (χ1n) is 6.58. The van der Waals surface area contributed by atoms with Gasteiger partial charge in [-0.15, -0.1) is 0 Å². The SMILES string of the molecule is O=C(Nc1nc2c(F)cc(F)cc2s1)c1cc(Cl)cc2n[nH]nc12. The lowest BCUT2D eigenvalue weighted by molar-refractivity contribution is 0.102. The smallest absolute Gasteiger partial charge is 0.259 e. The molecule has 2 aromatic carbocycles. The lowest BCUT2D eigenvalue weighted by Gasteiger charge is -2.02. The molecule has 0 saturated heterocycles. The third-order valence-corrected chi connectivity index (χ3v) is 4.40. The number of aromatic amines is 1. The molecule has 1 amide bonds. The molecular weight excluding hydrogens is 360 g/mol. The van der Waals surface area contributed by atoms with Crippen LogP contribution in [0.2, 0.25) is 5.02 Å². The van der Waals surface area contributed by atoms with Crippen molar-refractivity contribution in [1.29, 1.82) is 0 Å². The number of H-pyrrole nitrogens is 1. The number of carbonyl (C=O) groups excluding carboxylic acids is 1. The molecule has 0 aliphatic carbocycles. The molecule has 4 aromatic rings. The van der Waals surface area contributed by atoms with Crippen molar-refractivity contribution in [3.8, 4) is 0 Å². The number of anilines is 1. The monoisotopic (exact) mass is 365 g/mol. The Morgan fingerprint density at radius 1 is 1.17 bits per heavy atom. The molecule has 6 nitrogen and oxygen atoms in total. The summed E-state index contributed by atoms with van der Waals surface area (Å²) in [6, 6.07) is 4.90. The topological polar surface area (TPSA) is 83.6 Å². The van der Waals surface area contributed by atoms with Crippen LogP contribution in [0.25, 0.3) is 21.3 Å². The zero-order valence-corrected chi connectivity index (χ0v) is 13.2. The van der Waals surface area contributed by atoms with Gasteiger partial charge >= 0.3 is 0 Å². The van der Waals surface area contributed by atoms with Crippen molar-refractivity contribution >= 4 is 55.2 Å². The second kappa shape index (κ2) is 5.46. The molecule has 0 aliphatic heterocycles. The van der Waals surface area contributed by atoms with Gasteiger partial charge in [0.1, 0.15) is 22.4 Å². The van der Waals surface area contributed by atoms with E-state index < -0.39 is 17.5 Å². The molecule has 2 N–H and O–H groups in total. The third kappa shape index (κ3) is 2.47. The molecule has 0 aliphatic rings. The van der Waals surface area contributed by atoms with Crippen molar-refractivity contribution < 1.29 is 13.6 Å². The number of hydrogen-bond acceptors (Lipinski definition) is 5. The van der Waals surface area contributed by atoms with E-state index in [0.717, 1.165) is 23.5 Å². The van der Waals surface area contributed by atoms with E-state index in [0.29, 0.717) is 20.8 Å². The molecule has 2 heterocycles. The molecule has 24 heavy (non-hydrogen) atoms. The summed E-state index contributed by atoms with van der Waals surface area (Å²) in [7, 11) is 0.